The molecule has 1 aliphatic rings. The van der Waals surface area contributed by atoms with Crippen LogP contribution < -0.4 is 4.74 Å². The van der Waals surface area contributed by atoms with Crippen molar-refractivity contribution >= 4 is 27.0 Å². The highest BCUT2D eigenvalue weighted by Crippen LogP contribution is 2.33. The Morgan fingerprint density at radius 2 is 2.24 bits per heavy atom. The summed E-state index contributed by atoms with van der Waals surface area (Å²) in [5.41, 5.74) is 3.34. The summed E-state index contributed by atoms with van der Waals surface area (Å²) < 4.78 is 12.0. The number of halogens is 1. The lowest BCUT2D eigenvalue weighted by Crippen LogP contribution is -2.44. The largest absolute Gasteiger partial charge is 0.491 e. The van der Waals surface area contributed by atoms with Gasteiger partial charge in [-0.3, -0.25) is 0 Å². The van der Waals surface area contributed by atoms with E-state index in [-0.39, 0.29) is 5.41 Å². The van der Waals surface area contributed by atoms with Gasteiger partial charge in [0.05, 0.1) is 25.4 Å². The Morgan fingerprint density at radius 3 is 2.96 bits per heavy atom. The van der Waals surface area contributed by atoms with E-state index >= 15 is 0 Å². The summed E-state index contributed by atoms with van der Waals surface area (Å²) >= 11 is 3.46. The van der Waals surface area contributed by atoms with Crippen molar-refractivity contribution in [2.45, 2.75) is 6.92 Å². The lowest BCUT2D eigenvalue weighted by molar-refractivity contribution is -0.120. The zero-order chi connectivity index (χ0) is 17.4. The van der Waals surface area contributed by atoms with Crippen molar-refractivity contribution in [3.8, 4) is 22.9 Å². The van der Waals surface area contributed by atoms with Crippen molar-refractivity contribution in [2.24, 2.45) is 5.41 Å². The summed E-state index contributed by atoms with van der Waals surface area (Å²) in [5, 5.41) is 10.5. The zero-order valence-corrected chi connectivity index (χ0v) is 15.3. The zero-order valence-electron chi connectivity index (χ0n) is 13.7. The quantitative estimate of drug-likeness (QED) is 0.712. The lowest BCUT2D eigenvalue weighted by atomic mass is 9.90. The van der Waals surface area contributed by atoms with Gasteiger partial charge in [0.2, 0.25) is 0 Å². The molecule has 0 aliphatic carbocycles. The number of ether oxygens (including phenoxy) is 2. The average molecular weight is 398 g/mol. The van der Waals surface area contributed by atoms with Crippen molar-refractivity contribution in [1.29, 1.82) is 5.26 Å². The number of H-pyrrole nitrogens is 1. The first-order valence-corrected chi connectivity index (χ1v) is 8.75. The van der Waals surface area contributed by atoms with E-state index in [2.05, 4.69) is 38.9 Å². The van der Waals surface area contributed by atoms with Crippen LogP contribution in [0.1, 0.15) is 12.5 Å². The van der Waals surface area contributed by atoms with Crippen LogP contribution in [0.25, 0.3) is 22.2 Å². The number of hydrogen-bond acceptors (Lipinski definition) is 4. The summed E-state index contributed by atoms with van der Waals surface area (Å²) in [6.45, 7) is 4.06. The molecule has 0 saturated carbocycles. The second kappa shape index (κ2) is 6.17. The Kier molecular flexibility index (Phi) is 3.98. The molecule has 1 N–H and O–H groups in total. The first-order valence-electron chi connectivity index (χ1n) is 7.96. The summed E-state index contributed by atoms with van der Waals surface area (Å²) in [6, 6.07) is 9.95. The molecule has 126 valence electrons. The second-order valence-electron chi connectivity index (χ2n) is 6.67. The molecule has 0 spiro atoms. The van der Waals surface area contributed by atoms with Crippen LogP contribution in [0, 0.1) is 16.7 Å². The highest BCUT2D eigenvalue weighted by molar-refractivity contribution is 9.10. The maximum atomic E-state index is 9.52. The van der Waals surface area contributed by atoms with Gasteiger partial charge in [-0.2, -0.15) is 5.26 Å². The van der Waals surface area contributed by atoms with E-state index in [9.17, 15) is 5.26 Å². The first-order chi connectivity index (χ1) is 12.1. The van der Waals surface area contributed by atoms with Crippen molar-refractivity contribution in [3.05, 3.63) is 46.7 Å². The number of aromatic nitrogens is 2. The number of nitriles is 1. The van der Waals surface area contributed by atoms with E-state index in [1.54, 1.807) is 6.20 Å². The van der Waals surface area contributed by atoms with Crippen LogP contribution in [-0.2, 0) is 4.74 Å². The molecule has 1 aliphatic heterocycles. The normalized spacial score (nSPS) is 15.6. The third-order valence-electron chi connectivity index (χ3n) is 4.39. The van der Waals surface area contributed by atoms with Gasteiger partial charge in [-0.25, -0.2) is 4.98 Å². The molecule has 5 nitrogen and oxygen atoms in total. The van der Waals surface area contributed by atoms with Gasteiger partial charge in [-0.1, -0.05) is 13.0 Å². The van der Waals surface area contributed by atoms with Crippen LogP contribution in [-0.4, -0.2) is 29.8 Å². The van der Waals surface area contributed by atoms with E-state index in [4.69, 9.17) is 9.47 Å². The van der Waals surface area contributed by atoms with E-state index in [0.717, 1.165) is 26.6 Å². The van der Waals surface area contributed by atoms with Crippen molar-refractivity contribution < 1.29 is 9.47 Å². The number of aromatic amines is 1. The third kappa shape index (κ3) is 3.01. The molecule has 3 heterocycles. The minimum atomic E-state index is 0.0418. The topological polar surface area (TPSA) is 70.9 Å². The number of fused-ring (bicyclic) bond motifs is 1. The van der Waals surface area contributed by atoms with Crippen LogP contribution in [0.4, 0.5) is 0 Å². The summed E-state index contributed by atoms with van der Waals surface area (Å²) in [5.74, 6) is 0.610. The molecule has 25 heavy (non-hydrogen) atoms. The molecule has 0 atom stereocenters. The van der Waals surface area contributed by atoms with E-state index in [1.807, 2.05) is 30.5 Å². The molecule has 4 rings (SSSR count). The smallest absolute Gasteiger partial charge is 0.137 e. The molecule has 6 heteroatoms. The fraction of sp³-hybridized carbons (Fsp3) is 0.263. The Morgan fingerprint density at radius 1 is 1.40 bits per heavy atom. The summed E-state index contributed by atoms with van der Waals surface area (Å²) in [6.07, 6.45) is 3.67. The number of benzene rings is 1. The van der Waals surface area contributed by atoms with Gasteiger partial charge < -0.3 is 14.5 Å². The minimum Gasteiger partial charge on any atom is -0.491 e. The fourth-order valence-electron chi connectivity index (χ4n) is 2.91. The maximum absolute atomic E-state index is 9.52. The maximum Gasteiger partial charge on any atom is 0.137 e. The molecule has 2 aromatic heterocycles. The Bertz CT molecular complexity index is 986. The Balaban J connectivity index is 1.66. The fourth-order valence-corrected chi connectivity index (χ4v) is 3.24. The molecule has 1 fully saturated rings. The summed E-state index contributed by atoms with van der Waals surface area (Å²) in [4.78, 5) is 7.52. The minimum absolute atomic E-state index is 0.0418. The molecule has 1 aromatic carbocycles. The molecular formula is C19H16BrN3O2. The van der Waals surface area contributed by atoms with Gasteiger partial charge >= 0.3 is 0 Å². The van der Waals surface area contributed by atoms with Crippen LogP contribution in [0.2, 0.25) is 0 Å². The van der Waals surface area contributed by atoms with Gasteiger partial charge in [0.15, 0.2) is 0 Å². The first kappa shape index (κ1) is 16.1. The summed E-state index contributed by atoms with van der Waals surface area (Å²) in [7, 11) is 0. The van der Waals surface area contributed by atoms with Gasteiger partial charge in [0, 0.05) is 33.2 Å². The average Bonchev–Trinajstić information content (AvgIpc) is 3.01. The van der Waals surface area contributed by atoms with Crippen molar-refractivity contribution in [3.63, 3.8) is 0 Å². The SMILES string of the molecule is CC1(COc2ccc(-c3c[nH]c4ncc(Br)cc34)cc2C#N)COC1. The van der Waals surface area contributed by atoms with E-state index in [0.29, 0.717) is 31.1 Å². The number of rotatable bonds is 4. The van der Waals surface area contributed by atoms with Gasteiger partial charge in [-0.15, -0.1) is 0 Å². The number of pyridine rings is 1. The van der Waals surface area contributed by atoms with Gasteiger partial charge in [0.25, 0.3) is 0 Å². The van der Waals surface area contributed by atoms with Crippen LogP contribution in [0.3, 0.4) is 0 Å². The molecule has 3 aromatic rings. The number of nitrogens with one attached hydrogen (secondary N) is 1. The third-order valence-corrected chi connectivity index (χ3v) is 4.82. The van der Waals surface area contributed by atoms with Crippen LogP contribution in [0.5, 0.6) is 5.75 Å². The molecule has 0 bridgehead atoms. The predicted molar refractivity (Wildman–Crippen MR) is 98.4 cm³/mol. The van der Waals surface area contributed by atoms with Gasteiger partial charge in [0.1, 0.15) is 17.5 Å². The Hall–Kier alpha value is -2.36. The van der Waals surface area contributed by atoms with Crippen LogP contribution >= 0.6 is 15.9 Å². The molecule has 0 radical (unpaired) electrons. The monoisotopic (exact) mass is 397 g/mol. The standard InChI is InChI=1S/C19H16BrN3O2/c1-19(9-24-10-19)11-25-17-3-2-12(4-13(17)6-21)16-8-23-18-15(16)5-14(20)7-22-18/h2-5,7-8H,9-11H2,1H3,(H,22,23). The molecule has 0 amide bonds. The van der Waals surface area contributed by atoms with Gasteiger partial charge in [-0.05, 0) is 39.7 Å². The van der Waals surface area contributed by atoms with E-state index in [1.165, 1.54) is 0 Å². The molecular weight excluding hydrogens is 382 g/mol. The number of nitrogens with zero attached hydrogens (tertiary/aromatic N) is 2. The van der Waals surface area contributed by atoms with Crippen molar-refractivity contribution in [1.82, 2.24) is 9.97 Å². The predicted octanol–water partition coefficient (Wildman–Crippen LogP) is 4.28. The van der Waals surface area contributed by atoms with Crippen LogP contribution in [0.15, 0.2) is 41.1 Å². The Labute approximate surface area is 153 Å². The second-order valence-corrected chi connectivity index (χ2v) is 7.58. The lowest BCUT2D eigenvalue weighted by Gasteiger charge is -2.37. The number of hydrogen-bond donors (Lipinski definition) is 1. The highest BCUT2D eigenvalue weighted by atomic mass is 79.9. The molecule has 1 saturated heterocycles. The highest BCUT2D eigenvalue weighted by Gasteiger charge is 2.34. The van der Waals surface area contributed by atoms with E-state index < -0.39 is 0 Å². The van der Waals surface area contributed by atoms with Crippen molar-refractivity contribution in [2.75, 3.05) is 19.8 Å². The molecule has 0 unspecified atom stereocenters.